The van der Waals surface area contributed by atoms with Crippen LogP contribution in [0.4, 0.5) is 0 Å². The quantitative estimate of drug-likeness (QED) is 0.693. The third kappa shape index (κ3) is 3.47. The number of carbonyl (C=O) groups excluding carboxylic acids is 1. The second-order valence-electron chi connectivity index (χ2n) is 6.90. The Hall–Kier alpha value is -2.66. The molecule has 0 saturated carbocycles. The largest absolute Gasteiger partial charge is 0.338 e. The van der Waals surface area contributed by atoms with E-state index in [1.54, 1.807) is 6.92 Å². The predicted octanol–water partition coefficient (Wildman–Crippen LogP) is 3.86. The van der Waals surface area contributed by atoms with Crippen LogP contribution < -0.4 is 0 Å². The van der Waals surface area contributed by atoms with Gasteiger partial charge in [-0.3, -0.25) is 14.5 Å². The molecule has 4 rings (SSSR count). The van der Waals surface area contributed by atoms with E-state index in [-0.39, 0.29) is 5.91 Å². The number of halogens is 1. The smallest absolute Gasteiger partial charge is 0.219 e. The average Bonchev–Trinajstić information content (AvgIpc) is 3.01. The predicted molar refractivity (Wildman–Crippen MR) is 106 cm³/mol. The van der Waals surface area contributed by atoms with Gasteiger partial charge in [-0.1, -0.05) is 29.8 Å². The number of rotatable bonds is 3. The standard InChI is InChI=1S/C21H21ClN4O/c1-14-5-4-9-23-19(14)13-26-20-8-10-25(15(2)27)12-18(20)21(24-26)16-6-3-7-17(22)11-16/h3-7,9,11H,8,10,12-13H2,1-2H3. The fourth-order valence-corrected chi connectivity index (χ4v) is 3.77. The fourth-order valence-electron chi connectivity index (χ4n) is 3.58. The molecule has 0 fully saturated rings. The molecule has 0 bridgehead atoms. The Balaban J connectivity index is 1.80. The van der Waals surface area contributed by atoms with Crippen molar-refractivity contribution in [1.82, 2.24) is 19.7 Å². The SMILES string of the molecule is CC(=O)N1CCc2c(c(-c3cccc(Cl)c3)nn2Cc2ncccc2C)C1. The van der Waals surface area contributed by atoms with Crippen LogP contribution in [0.3, 0.4) is 0 Å². The van der Waals surface area contributed by atoms with Crippen LogP contribution in [0.15, 0.2) is 42.6 Å². The Bertz CT molecular complexity index is 1010. The lowest BCUT2D eigenvalue weighted by Crippen LogP contribution is -2.34. The van der Waals surface area contributed by atoms with Crippen molar-refractivity contribution in [3.8, 4) is 11.3 Å². The number of benzene rings is 1. The van der Waals surface area contributed by atoms with Crippen LogP contribution in [-0.4, -0.2) is 32.1 Å². The van der Waals surface area contributed by atoms with Crippen LogP contribution in [0.1, 0.15) is 29.4 Å². The first-order valence-corrected chi connectivity index (χ1v) is 9.41. The molecule has 0 N–H and O–H groups in total. The highest BCUT2D eigenvalue weighted by atomic mass is 35.5. The molecule has 0 atom stereocenters. The van der Waals surface area contributed by atoms with E-state index in [9.17, 15) is 4.79 Å². The average molecular weight is 381 g/mol. The van der Waals surface area contributed by atoms with E-state index in [0.717, 1.165) is 34.5 Å². The third-order valence-corrected chi connectivity index (χ3v) is 5.33. The summed E-state index contributed by atoms with van der Waals surface area (Å²) in [6.45, 7) is 5.59. The van der Waals surface area contributed by atoms with Crippen LogP contribution >= 0.6 is 11.6 Å². The molecule has 6 heteroatoms. The highest BCUT2D eigenvalue weighted by Crippen LogP contribution is 2.31. The van der Waals surface area contributed by atoms with Crippen molar-refractivity contribution >= 4 is 17.5 Å². The molecule has 1 aliphatic rings. The van der Waals surface area contributed by atoms with Crippen LogP contribution in [0.25, 0.3) is 11.3 Å². The molecule has 3 heterocycles. The molecule has 1 aromatic carbocycles. The fraction of sp³-hybridized carbons (Fsp3) is 0.286. The summed E-state index contributed by atoms with van der Waals surface area (Å²) in [5.41, 5.74) is 6.30. The molecule has 1 amide bonds. The van der Waals surface area contributed by atoms with Gasteiger partial charge in [-0.25, -0.2) is 0 Å². The molecular weight excluding hydrogens is 360 g/mol. The summed E-state index contributed by atoms with van der Waals surface area (Å²) in [7, 11) is 0. The number of hydrogen-bond donors (Lipinski definition) is 0. The van der Waals surface area contributed by atoms with Gasteiger partial charge in [0, 0.05) is 54.5 Å². The number of carbonyl (C=O) groups is 1. The maximum atomic E-state index is 11.9. The first-order valence-electron chi connectivity index (χ1n) is 9.03. The maximum Gasteiger partial charge on any atom is 0.219 e. The molecule has 0 spiro atoms. The first-order chi connectivity index (χ1) is 13.0. The molecule has 138 valence electrons. The number of aromatic nitrogens is 3. The molecule has 2 aromatic heterocycles. The normalized spacial score (nSPS) is 13.5. The molecule has 5 nitrogen and oxygen atoms in total. The summed E-state index contributed by atoms with van der Waals surface area (Å²) in [6, 6.07) is 11.7. The van der Waals surface area contributed by atoms with Gasteiger partial charge < -0.3 is 4.90 Å². The Labute approximate surface area is 163 Å². The minimum absolute atomic E-state index is 0.0889. The number of pyridine rings is 1. The van der Waals surface area contributed by atoms with Gasteiger partial charge >= 0.3 is 0 Å². The van der Waals surface area contributed by atoms with Crippen molar-refractivity contribution in [2.45, 2.75) is 33.4 Å². The van der Waals surface area contributed by atoms with Crippen LogP contribution in [0.2, 0.25) is 5.02 Å². The number of nitrogens with zero attached hydrogens (tertiary/aromatic N) is 4. The van der Waals surface area contributed by atoms with Gasteiger partial charge in [-0.05, 0) is 30.7 Å². The topological polar surface area (TPSA) is 51.0 Å². The van der Waals surface area contributed by atoms with Gasteiger partial charge in [0.2, 0.25) is 5.91 Å². The van der Waals surface area contributed by atoms with Gasteiger partial charge in [0.25, 0.3) is 0 Å². The van der Waals surface area contributed by atoms with Crippen molar-refractivity contribution in [1.29, 1.82) is 0 Å². The van der Waals surface area contributed by atoms with E-state index in [1.807, 2.05) is 46.1 Å². The van der Waals surface area contributed by atoms with E-state index in [1.165, 1.54) is 5.69 Å². The second-order valence-corrected chi connectivity index (χ2v) is 7.34. The number of aryl methyl sites for hydroxylation is 1. The highest BCUT2D eigenvalue weighted by molar-refractivity contribution is 6.30. The lowest BCUT2D eigenvalue weighted by atomic mass is 10.0. The summed E-state index contributed by atoms with van der Waals surface area (Å²) in [6.07, 6.45) is 2.60. The Morgan fingerprint density at radius 2 is 2.11 bits per heavy atom. The molecule has 0 aliphatic carbocycles. The van der Waals surface area contributed by atoms with Crippen LogP contribution in [-0.2, 0) is 24.3 Å². The summed E-state index contributed by atoms with van der Waals surface area (Å²) >= 11 is 6.21. The lowest BCUT2D eigenvalue weighted by Gasteiger charge is -2.27. The molecule has 0 unspecified atom stereocenters. The summed E-state index contributed by atoms with van der Waals surface area (Å²) < 4.78 is 2.04. The zero-order chi connectivity index (χ0) is 19.0. The molecule has 1 aliphatic heterocycles. The van der Waals surface area contributed by atoms with Crippen LogP contribution in [0.5, 0.6) is 0 Å². The van der Waals surface area contributed by atoms with Crippen molar-refractivity contribution in [3.63, 3.8) is 0 Å². The van der Waals surface area contributed by atoms with Gasteiger partial charge in [0.1, 0.15) is 0 Å². The van der Waals surface area contributed by atoms with Gasteiger partial charge in [-0.15, -0.1) is 0 Å². The molecule has 3 aromatic rings. The summed E-state index contributed by atoms with van der Waals surface area (Å²) in [4.78, 5) is 18.3. The Kier molecular flexibility index (Phi) is 4.70. The molecule has 27 heavy (non-hydrogen) atoms. The molecular formula is C21H21ClN4O. The lowest BCUT2D eigenvalue weighted by molar-refractivity contribution is -0.129. The third-order valence-electron chi connectivity index (χ3n) is 5.09. The van der Waals surface area contributed by atoms with E-state index in [0.29, 0.717) is 24.7 Å². The monoisotopic (exact) mass is 380 g/mol. The minimum atomic E-state index is 0.0889. The number of hydrogen-bond acceptors (Lipinski definition) is 3. The van der Waals surface area contributed by atoms with Gasteiger partial charge in [0.05, 0.1) is 17.9 Å². The van der Waals surface area contributed by atoms with Gasteiger partial charge in [0.15, 0.2) is 0 Å². The van der Waals surface area contributed by atoms with Crippen molar-refractivity contribution in [3.05, 3.63) is 70.1 Å². The molecule has 0 saturated heterocycles. The maximum absolute atomic E-state index is 11.9. The summed E-state index contributed by atoms with van der Waals surface area (Å²) in [5.74, 6) is 0.0889. The van der Waals surface area contributed by atoms with Crippen molar-refractivity contribution in [2.24, 2.45) is 0 Å². The minimum Gasteiger partial charge on any atom is -0.338 e. The number of amides is 1. The van der Waals surface area contributed by atoms with E-state index in [4.69, 9.17) is 16.7 Å². The zero-order valence-corrected chi connectivity index (χ0v) is 16.2. The molecule has 0 radical (unpaired) electrons. The van der Waals surface area contributed by atoms with Crippen molar-refractivity contribution < 1.29 is 4.79 Å². The first kappa shape index (κ1) is 17.7. The Morgan fingerprint density at radius 1 is 1.26 bits per heavy atom. The second kappa shape index (κ2) is 7.16. The van der Waals surface area contributed by atoms with Crippen LogP contribution in [0, 0.1) is 6.92 Å². The van der Waals surface area contributed by atoms with E-state index >= 15 is 0 Å². The Morgan fingerprint density at radius 3 is 2.85 bits per heavy atom. The highest BCUT2D eigenvalue weighted by Gasteiger charge is 2.27. The van der Waals surface area contributed by atoms with Crippen molar-refractivity contribution in [2.75, 3.05) is 6.54 Å². The summed E-state index contributed by atoms with van der Waals surface area (Å²) in [5, 5.41) is 5.59. The number of fused-ring (bicyclic) bond motifs is 1. The zero-order valence-electron chi connectivity index (χ0n) is 15.4. The van der Waals surface area contributed by atoms with Gasteiger partial charge in [-0.2, -0.15) is 5.10 Å². The van der Waals surface area contributed by atoms with E-state index in [2.05, 4.69) is 18.0 Å². The van der Waals surface area contributed by atoms with E-state index < -0.39 is 0 Å².